The van der Waals surface area contributed by atoms with E-state index < -0.39 is 51.4 Å². The Morgan fingerprint density at radius 2 is 1.46 bits per heavy atom. The molecule has 4 aromatic carbocycles. The predicted molar refractivity (Wildman–Crippen MR) is 315 cm³/mol. The Kier molecular flexibility index (Phi) is 21.7. The van der Waals surface area contributed by atoms with E-state index in [0.717, 1.165) is 35.3 Å². The summed E-state index contributed by atoms with van der Waals surface area (Å²) in [5.74, 6) is 9.33. The smallest absolute Gasteiger partial charge is 0.380 e. The summed E-state index contributed by atoms with van der Waals surface area (Å²) in [6.07, 6.45) is 2.30. The molecule has 80 heavy (non-hydrogen) atoms. The van der Waals surface area contributed by atoms with Gasteiger partial charge in [0.15, 0.2) is 5.82 Å². The zero-order valence-electron chi connectivity index (χ0n) is 48.5. The standard InChI is InChI=1S/C62H80N6O10P2/c1-44(2)39-66(40-45(3)4)43-64-59-48(22-15-14-20-37-80(70)77-55-26-19-18-25-54(55)61(9,10)78-80)41-67(60(69)65-59)58-38-56(76-79(74-36-21-35-63)68(46(5)6)47(7)8)57(75-58)42-73-62(49-23-16-13-17-24-49,50-27-31-52(71-11)32-28-50)51-29-33-53(72-12)34-30-51/h13,16-19,23-34,41,43-47,56-58H,14,20-21,36-40,42H2,1-12H3. The quantitative estimate of drug-likeness (QED) is 0.0128. The van der Waals surface area contributed by atoms with E-state index in [1.807, 2.05) is 117 Å². The Hall–Kier alpha value is -5.90. The number of hydrogen-bond acceptors (Lipinski definition) is 14. The van der Waals surface area contributed by atoms with Crippen LogP contribution in [0, 0.1) is 35.0 Å². The topological polar surface area (TPSA) is 168 Å². The first-order chi connectivity index (χ1) is 38.3. The average molecular weight is 1130 g/mol. The number of benzene rings is 4. The van der Waals surface area contributed by atoms with Crippen molar-refractivity contribution in [1.82, 2.24) is 19.1 Å². The van der Waals surface area contributed by atoms with Crippen LogP contribution in [0.3, 0.4) is 0 Å². The highest BCUT2D eigenvalue weighted by Crippen LogP contribution is 2.60. The van der Waals surface area contributed by atoms with Crippen LogP contribution in [0.2, 0.25) is 0 Å². The van der Waals surface area contributed by atoms with Crippen LogP contribution in [0.25, 0.3) is 0 Å². The Morgan fingerprint density at radius 3 is 2.05 bits per heavy atom. The molecule has 0 aliphatic carbocycles. The second-order valence-electron chi connectivity index (χ2n) is 22.0. The van der Waals surface area contributed by atoms with Gasteiger partial charge in [-0.25, -0.2) is 19.0 Å². The molecule has 16 nitrogen and oxygen atoms in total. The highest BCUT2D eigenvalue weighted by atomic mass is 31.2. The third-order valence-corrected chi connectivity index (χ3v) is 17.8. The van der Waals surface area contributed by atoms with Gasteiger partial charge in [-0.1, -0.05) is 112 Å². The highest BCUT2D eigenvalue weighted by molar-refractivity contribution is 7.54. The lowest BCUT2D eigenvalue weighted by molar-refractivity contribution is -0.0925. The van der Waals surface area contributed by atoms with Crippen molar-refractivity contribution in [2.45, 2.75) is 137 Å². The first-order valence-electron chi connectivity index (χ1n) is 27.7. The van der Waals surface area contributed by atoms with Crippen LogP contribution in [-0.2, 0) is 38.8 Å². The van der Waals surface area contributed by atoms with Gasteiger partial charge in [0.05, 0.1) is 64.1 Å². The van der Waals surface area contributed by atoms with E-state index in [0.29, 0.717) is 47.5 Å². The molecule has 18 heteroatoms. The number of fused-ring (bicyclic) bond motifs is 1. The molecular weight excluding hydrogens is 1050 g/mol. The molecule has 0 saturated carbocycles. The molecule has 1 saturated heterocycles. The molecule has 0 radical (unpaired) electrons. The summed E-state index contributed by atoms with van der Waals surface area (Å²) < 4.78 is 69.2. The Morgan fingerprint density at radius 1 is 0.863 bits per heavy atom. The van der Waals surface area contributed by atoms with Gasteiger partial charge in [-0.15, -0.1) is 0 Å². The normalized spacial score (nSPS) is 19.2. The van der Waals surface area contributed by atoms with Gasteiger partial charge in [0, 0.05) is 49.8 Å². The predicted octanol–water partition coefficient (Wildman–Crippen LogP) is 13.2. The first kappa shape index (κ1) is 61.7. The van der Waals surface area contributed by atoms with Crippen LogP contribution in [-0.4, -0.2) is 96.4 Å². The van der Waals surface area contributed by atoms with Crippen molar-refractivity contribution in [3.05, 3.63) is 148 Å². The molecule has 1 fully saturated rings. The van der Waals surface area contributed by atoms with Crippen molar-refractivity contribution in [2.75, 3.05) is 46.7 Å². The fourth-order valence-corrected chi connectivity index (χ4v) is 13.9. The summed E-state index contributed by atoms with van der Waals surface area (Å²) in [4.78, 5) is 26.2. The van der Waals surface area contributed by atoms with Gasteiger partial charge >= 0.3 is 13.3 Å². The van der Waals surface area contributed by atoms with E-state index in [-0.39, 0.29) is 50.1 Å². The first-order valence-corrected chi connectivity index (χ1v) is 30.5. The zero-order chi connectivity index (χ0) is 57.6. The lowest BCUT2D eigenvalue weighted by atomic mass is 9.80. The van der Waals surface area contributed by atoms with Gasteiger partial charge in [0.1, 0.15) is 40.8 Å². The molecule has 5 aromatic rings. The maximum absolute atomic E-state index is 14.6. The van der Waals surface area contributed by atoms with Crippen LogP contribution in [0.1, 0.15) is 129 Å². The third kappa shape index (κ3) is 15.5. The molecule has 3 heterocycles. The van der Waals surface area contributed by atoms with Crippen LogP contribution in [0.4, 0.5) is 5.82 Å². The summed E-state index contributed by atoms with van der Waals surface area (Å²) in [5.41, 5.74) is 1.16. The van der Waals surface area contributed by atoms with Crippen molar-refractivity contribution >= 4 is 28.3 Å². The van der Waals surface area contributed by atoms with Gasteiger partial charge in [0.2, 0.25) is 0 Å². The summed E-state index contributed by atoms with van der Waals surface area (Å²) in [7, 11) is -2.02. The minimum atomic E-state index is -3.52. The molecule has 5 unspecified atom stereocenters. The number of aliphatic imine (C=N–C) groups is 1. The van der Waals surface area contributed by atoms with Crippen LogP contribution >= 0.6 is 16.1 Å². The molecule has 1 aromatic heterocycles. The molecule has 0 bridgehead atoms. The lowest BCUT2D eigenvalue weighted by Gasteiger charge is -2.39. The number of para-hydroxylation sites is 1. The van der Waals surface area contributed by atoms with Gasteiger partial charge in [-0.3, -0.25) is 9.09 Å². The van der Waals surface area contributed by atoms with Crippen molar-refractivity contribution in [3.8, 4) is 35.2 Å². The second-order valence-corrected chi connectivity index (χ2v) is 25.4. The fourth-order valence-electron chi connectivity index (χ4n) is 10.1. The van der Waals surface area contributed by atoms with Gasteiger partial charge < -0.3 is 37.4 Å². The van der Waals surface area contributed by atoms with Crippen molar-refractivity contribution in [1.29, 1.82) is 5.26 Å². The average Bonchev–Trinajstić information content (AvgIpc) is 3.92. The minimum absolute atomic E-state index is 0.0114. The van der Waals surface area contributed by atoms with E-state index in [9.17, 15) is 14.6 Å². The van der Waals surface area contributed by atoms with Crippen molar-refractivity contribution < 1.29 is 41.6 Å². The Bertz CT molecular complexity index is 2980. The van der Waals surface area contributed by atoms with Crippen LogP contribution in [0.5, 0.6) is 17.2 Å². The maximum atomic E-state index is 14.6. The van der Waals surface area contributed by atoms with E-state index in [1.54, 1.807) is 26.8 Å². The van der Waals surface area contributed by atoms with Crippen LogP contribution in [0.15, 0.2) is 119 Å². The van der Waals surface area contributed by atoms with Crippen molar-refractivity contribution in [3.63, 3.8) is 0 Å². The number of hydrogen-bond donors (Lipinski definition) is 0. The van der Waals surface area contributed by atoms with Crippen molar-refractivity contribution in [2.24, 2.45) is 16.8 Å². The molecule has 5 atom stereocenters. The number of methoxy groups -OCH3 is 2. The molecule has 428 valence electrons. The number of ether oxygens (including phenoxy) is 4. The summed E-state index contributed by atoms with van der Waals surface area (Å²) in [6, 6.07) is 35.3. The SMILES string of the molecule is COc1ccc(C(OCC2OC(n3cc(C#CCCCP4(=O)Oc5ccccc5C(C)(C)O4)c(N=CN(CC(C)C)CC(C)C)nc3=O)CC2OP(OCCC#N)N(C(C)C)C(C)C)(c2ccccc2)c2ccc(OC)cc2)cc1. The summed E-state index contributed by atoms with van der Waals surface area (Å²) >= 11 is 0. The summed E-state index contributed by atoms with van der Waals surface area (Å²) in [6.45, 7) is 22.4. The van der Waals surface area contributed by atoms with E-state index in [1.165, 1.54) is 4.57 Å². The maximum Gasteiger partial charge on any atom is 0.380 e. The molecule has 7 rings (SSSR count). The monoisotopic (exact) mass is 1130 g/mol. The second kappa shape index (κ2) is 28.2. The van der Waals surface area contributed by atoms with E-state index in [2.05, 4.69) is 87.9 Å². The van der Waals surface area contributed by atoms with E-state index in [4.69, 9.17) is 42.0 Å². The fraction of sp³-hybridized carbons (Fsp3) is 0.484. The largest absolute Gasteiger partial charge is 0.497 e. The highest BCUT2D eigenvalue weighted by Gasteiger charge is 2.46. The zero-order valence-corrected chi connectivity index (χ0v) is 50.3. The number of nitriles is 1. The van der Waals surface area contributed by atoms with Gasteiger partial charge in [0.25, 0.3) is 8.53 Å². The molecule has 0 spiro atoms. The number of aromatic nitrogens is 2. The number of unbranched alkanes of at least 4 members (excludes halogenated alkanes) is 1. The molecule has 0 amide bonds. The number of nitrogens with zero attached hydrogens (tertiary/aromatic N) is 6. The van der Waals surface area contributed by atoms with Gasteiger partial charge in [-0.2, -0.15) is 10.2 Å². The number of rotatable bonds is 26. The minimum Gasteiger partial charge on any atom is -0.497 e. The Balaban J connectivity index is 1.29. The van der Waals surface area contributed by atoms with E-state index >= 15 is 0 Å². The molecular formula is C62H80N6O10P2. The van der Waals surface area contributed by atoms with Crippen LogP contribution < -0.4 is 19.7 Å². The third-order valence-electron chi connectivity index (χ3n) is 13.6. The van der Waals surface area contributed by atoms with Gasteiger partial charge in [-0.05, 0) is 107 Å². The molecule has 0 N–H and O–H groups in total. The Labute approximate surface area is 475 Å². The lowest BCUT2D eigenvalue weighted by Crippen LogP contribution is -2.39. The summed E-state index contributed by atoms with van der Waals surface area (Å²) in [5, 5.41) is 9.59. The molecule has 2 aliphatic heterocycles. The molecule has 2 aliphatic rings.